The van der Waals surface area contributed by atoms with Gasteiger partial charge in [0.05, 0.1) is 19.8 Å². The highest BCUT2D eigenvalue weighted by molar-refractivity contribution is 4.89. The Labute approximate surface area is 70.3 Å². The third-order valence-electron chi connectivity index (χ3n) is 1.72. The Balaban J connectivity index is 2.08. The van der Waals surface area contributed by atoms with Crippen LogP contribution >= 0.6 is 0 Å². The van der Waals surface area contributed by atoms with Gasteiger partial charge in [-0.2, -0.15) is 5.10 Å². The molecule has 0 N–H and O–H groups in total. The monoisotopic (exact) mass is 169 g/mol. The highest BCUT2D eigenvalue weighted by Crippen LogP contribution is 2.15. The molecule has 1 fully saturated rings. The first-order valence-corrected chi connectivity index (χ1v) is 3.91. The van der Waals surface area contributed by atoms with Crippen molar-refractivity contribution in [2.45, 2.75) is 6.10 Å². The van der Waals surface area contributed by atoms with Crippen LogP contribution in [0.5, 0.6) is 0 Å². The molecule has 0 aromatic carbocycles. The van der Waals surface area contributed by atoms with Crippen molar-refractivity contribution >= 4 is 0 Å². The van der Waals surface area contributed by atoms with Gasteiger partial charge in [-0.15, -0.1) is 0 Å². The third-order valence-corrected chi connectivity index (χ3v) is 1.72. The van der Waals surface area contributed by atoms with Crippen molar-refractivity contribution in [2.75, 3.05) is 19.8 Å². The quantitative estimate of drug-likeness (QED) is 0.589. The number of hydrogen-bond donors (Lipinski definition) is 0. The standard InChI is InChI=1S/C7H11N3O2/c1-10-5-8-7(9-10)6-4-11-2-3-12-6/h5-6H,2-4H2,1H3. The van der Waals surface area contributed by atoms with Gasteiger partial charge in [-0.3, -0.25) is 4.68 Å². The molecule has 66 valence electrons. The Morgan fingerprint density at radius 2 is 2.50 bits per heavy atom. The van der Waals surface area contributed by atoms with E-state index in [9.17, 15) is 0 Å². The Hall–Kier alpha value is -0.940. The number of aryl methyl sites for hydroxylation is 1. The summed E-state index contributed by atoms with van der Waals surface area (Å²) in [5, 5.41) is 4.13. The molecule has 2 rings (SSSR count). The molecule has 0 spiro atoms. The Kier molecular flexibility index (Phi) is 2.05. The molecule has 1 atom stereocenters. The summed E-state index contributed by atoms with van der Waals surface area (Å²) in [6.07, 6.45) is 1.58. The Bertz CT molecular complexity index is 255. The summed E-state index contributed by atoms with van der Waals surface area (Å²) in [5.74, 6) is 0.706. The summed E-state index contributed by atoms with van der Waals surface area (Å²) in [7, 11) is 1.83. The van der Waals surface area contributed by atoms with Gasteiger partial charge in [-0.05, 0) is 0 Å². The first-order chi connectivity index (χ1) is 5.86. The van der Waals surface area contributed by atoms with E-state index in [0.29, 0.717) is 25.6 Å². The molecule has 0 bridgehead atoms. The lowest BCUT2D eigenvalue weighted by atomic mass is 10.3. The second-order valence-corrected chi connectivity index (χ2v) is 2.71. The molecule has 5 nitrogen and oxygen atoms in total. The first kappa shape index (κ1) is 7.70. The first-order valence-electron chi connectivity index (χ1n) is 3.91. The molecule has 12 heavy (non-hydrogen) atoms. The van der Waals surface area contributed by atoms with Gasteiger partial charge in [0, 0.05) is 7.05 Å². The minimum atomic E-state index is -0.0834. The second-order valence-electron chi connectivity index (χ2n) is 2.71. The highest BCUT2D eigenvalue weighted by Gasteiger charge is 2.19. The second kappa shape index (κ2) is 3.20. The van der Waals surface area contributed by atoms with Crippen LogP contribution in [0.25, 0.3) is 0 Å². The SMILES string of the molecule is Cn1cnc(C2COCCO2)n1. The van der Waals surface area contributed by atoms with Crippen LogP contribution in [0.3, 0.4) is 0 Å². The van der Waals surface area contributed by atoms with Gasteiger partial charge in [0.2, 0.25) is 0 Å². The van der Waals surface area contributed by atoms with Crippen LogP contribution in [0.1, 0.15) is 11.9 Å². The maximum Gasteiger partial charge on any atom is 0.181 e. The Morgan fingerprint density at radius 3 is 3.08 bits per heavy atom. The van der Waals surface area contributed by atoms with Gasteiger partial charge in [0.1, 0.15) is 12.4 Å². The summed E-state index contributed by atoms with van der Waals surface area (Å²) in [4.78, 5) is 4.09. The minimum Gasteiger partial charge on any atom is -0.376 e. The average molecular weight is 169 g/mol. The van der Waals surface area contributed by atoms with Crippen LogP contribution in [-0.4, -0.2) is 34.6 Å². The van der Waals surface area contributed by atoms with Gasteiger partial charge < -0.3 is 9.47 Å². The van der Waals surface area contributed by atoms with Crippen molar-refractivity contribution in [1.29, 1.82) is 0 Å². The van der Waals surface area contributed by atoms with Crippen molar-refractivity contribution in [2.24, 2.45) is 7.05 Å². The molecule has 2 heterocycles. The van der Waals surface area contributed by atoms with E-state index in [0.717, 1.165) is 0 Å². The molecule has 1 unspecified atom stereocenters. The zero-order valence-electron chi connectivity index (χ0n) is 6.93. The lowest BCUT2D eigenvalue weighted by Crippen LogP contribution is -2.22. The van der Waals surface area contributed by atoms with Gasteiger partial charge >= 0.3 is 0 Å². The minimum absolute atomic E-state index is 0.0834. The van der Waals surface area contributed by atoms with Crippen LogP contribution in [0.4, 0.5) is 0 Å². The van der Waals surface area contributed by atoms with E-state index in [4.69, 9.17) is 9.47 Å². The fraction of sp³-hybridized carbons (Fsp3) is 0.714. The van der Waals surface area contributed by atoms with E-state index in [1.807, 2.05) is 7.05 Å². The lowest BCUT2D eigenvalue weighted by Gasteiger charge is -2.19. The van der Waals surface area contributed by atoms with Crippen molar-refractivity contribution in [3.8, 4) is 0 Å². The number of nitrogens with zero attached hydrogens (tertiary/aromatic N) is 3. The summed E-state index contributed by atoms with van der Waals surface area (Å²) in [6.45, 7) is 1.86. The predicted molar refractivity (Wildman–Crippen MR) is 40.5 cm³/mol. The van der Waals surface area contributed by atoms with Crippen LogP contribution in [0.15, 0.2) is 6.33 Å². The van der Waals surface area contributed by atoms with Crippen LogP contribution in [-0.2, 0) is 16.5 Å². The molecule has 1 aromatic rings. The number of ether oxygens (including phenoxy) is 2. The summed E-state index contributed by atoms with van der Waals surface area (Å²) in [6, 6.07) is 0. The van der Waals surface area contributed by atoms with Crippen LogP contribution < -0.4 is 0 Å². The van der Waals surface area contributed by atoms with Crippen molar-refractivity contribution in [3.05, 3.63) is 12.2 Å². The molecule has 5 heteroatoms. The van der Waals surface area contributed by atoms with Gasteiger partial charge in [0.15, 0.2) is 5.82 Å². The molecule has 0 radical (unpaired) electrons. The molecule has 1 saturated heterocycles. The molecule has 1 aliphatic rings. The van der Waals surface area contributed by atoms with Crippen molar-refractivity contribution in [3.63, 3.8) is 0 Å². The van der Waals surface area contributed by atoms with Gasteiger partial charge in [-0.1, -0.05) is 0 Å². The highest BCUT2D eigenvalue weighted by atomic mass is 16.6. The number of hydrogen-bond acceptors (Lipinski definition) is 4. The van der Waals surface area contributed by atoms with Crippen molar-refractivity contribution < 1.29 is 9.47 Å². The van der Waals surface area contributed by atoms with Crippen LogP contribution in [0.2, 0.25) is 0 Å². The normalized spacial score (nSPS) is 24.2. The fourth-order valence-electron chi connectivity index (χ4n) is 1.14. The molecule has 0 aliphatic carbocycles. The van der Waals surface area contributed by atoms with E-state index in [-0.39, 0.29) is 6.10 Å². The maximum absolute atomic E-state index is 5.41. The van der Waals surface area contributed by atoms with Crippen LogP contribution in [0, 0.1) is 0 Å². The largest absolute Gasteiger partial charge is 0.376 e. The third kappa shape index (κ3) is 1.46. The number of rotatable bonds is 1. The fourth-order valence-corrected chi connectivity index (χ4v) is 1.14. The molecule has 0 amide bonds. The van der Waals surface area contributed by atoms with E-state index in [1.54, 1.807) is 11.0 Å². The summed E-state index contributed by atoms with van der Waals surface area (Å²) >= 11 is 0. The Morgan fingerprint density at radius 1 is 1.58 bits per heavy atom. The smallest absolute Gasteiger partial charge is 0.181 e. The zero-order valence-corrected chi connectivity index (χ0v) is 6.93. The van der Waals surface area contributed by atoms with E-state index in [2.05, 4.69) is 10.1 Å². The predicted octanol–water partition coefficient (Wildman–Crippen LogP) is -0.0970. The zero-order chi connectivity index (χ0) is 8.39. The average Bonchev–Trinajstić information content (AvgIpc) is 2.54. The molecule has 1 aliphatic heterocycles. The summed E-state index contributed by atoms with van der Waals surface area (Å²) in [5.41, 5.74) is 0. The van der Waals surface area contributed by atoms with E-state index in [1.165, 1.54) is 0 Å². The summed E-state index contributed by atoms with van der Waals surface area (Å²) < 4.78 is 12.3. The molecular formula is C7H11N3O2. The van der Waals surface area contributed by atoms with E-state index < -0.39 is 0 Å². The van der Waals surface area contributed by atoms with Crippen molar-refractivity contribution in [1.82, 2.24) is 14.8 Å². The number of aromatic nitrogens is 3. The van der Waals surface area contributed by atoms with Gasteiger partial charge in [-0.25, -0.2) is 4.98 Å². The topological polar surface area (TPSA) is 49.2 Å². The lowest BCUT2D eigenvalue weighted by molar-refractivity contribution is -0.0935. The molecule has 1 aromatic heterocycles. The van der Waals surface area contributed by atoms with E-state index >= 15 is 0 Å². The molecule has 0 saturated carbocycles. The maximum atomic E-state index is 5.41. The van der Waals surface area contributed by atoms with Gasteiger partial charge in [0.25, 0.3) is 0 Å². The molecular weight excluding hydrogens is 158 g/mol.